The molecule has 18 heavy (non-hydrogen) atoms. The first-order chi connectivity index (χ1) is 8.35. The summed E-state index contributed by atoms with van der Waals surface area (Å²) in [6.45, 7) is 6.80. The lowest BCUT2D eigenvalue weighted by Gasteiger charge is -2.48. The molecule has 96 valence electrons. The highest BCUT2D eigenvalue weighted by Gasteiger charge is 2.49. The van der Waals surface area contributed by atoms with Crippen LogP contribution < -0.4 is 0 Å². The summed E-state index contributed by atoms with van der Waals surface area (Å²) in [5.41, 5.74) is 0.320. The van der Waals surface area contributed by atoms with Crippen molar-refractivity contribution in [3.8, 4) is 6.07 Å². The van der Waals surface area contributed by atoms with Crippen LogP contribution in [0.5, 0.6) is 0 Å². The van der Waals surface area contributed by atoms with Crippen molar-refractivity contribution in [2.24, 2.45) is 11.3 Å². The van der Waals surface area contributed by atoms with Gasteiger partial charge in [0, 0.05) is 9.37 Å². The quantitative estimate of drug-likeness (QED) is 0.741. The molecule has 1 aromatic carbocycles. The summed E-state index contributed by atoms with van der Waals surface area (Å²) < 4.78 is 0.880. The Hall–Kier alpha value is -0.460. The third-order valence-corrected chi connectivity index (χ3v) is 5.56. The molecule has 0 saturated heterocycles. The van der Waals surface area contributed by atoms with E-state index in [1.807, 2.05) is 12.1 Å². The monoisotopic (exact) mass is 323 g/mol. The molecule has 0 amide bonds. The zero-order valence-electron chi connectivity index (χ0n) is 11.0. The molecule has 1 aromatic rings. The van der Waals surface area contributed by atoms with Crippen LogP contribution in [-0.2, 0) is 0 Å². The predicted octanol–water partition coefficient (Wildman–Crippen LogP) is 5.26. The first-order valence-corrected chi connectivity index (χ1v) is 7.81. The lowest BCUT2D eigenvalue weighted by molar-refractivity contribution is 0.122. The van der Waals surface area contributed by atoms with E-state index in [-0.39, 0.29) is 4.75 Å². The van der Waals surface area contributed by atoms with Gasteiger partial charge in [-0.15, -0.1) is 11.8 Å². The highest BCUT2D eigenvalue weighted by molar-refractivity contribution is 9.10. The first-order valence-electron chi connectivity index (χ1n) is 6.20. The van der Waals surface area contributed by atoms with E-state index >= 15 is 0 Å². The molecule has 0 heterocycles. The molecule has 3 heteroatoms. The van der Waals surface area contributed by atoms with Gasteiger partial charge in [-0.2, -0.15) is 5.26 Å². The van der Waals surface area contributed by atoms with E-state index in [4.69, 9.17) is 0 Å². The second-order valence-corrected chi connectivity index (χ2v) is 8.51. The van der Waals surface area contributed by atoms with Gasteiger partial charge < -0.3 is 0 Å². The van der Waals surface area contributed by atoms with Gasteiger partial charge in [0.05, 0.1) is 6.07 Å². The van der Waals surface area contributed by atoms with Crippen molar-refractivity contribution in [1.29, 1.82) is 5.26 Å². The van der Waals surface area contributed by atoms with Crippen molar-refractivity contribution < 1.29 is 0 Å². The van der Waals surface area contributed by atoms with Crippen molar-refractivity contribution in [3.05, 3.63) is 28.7 Å². The molecule has 1 saturated carbocycles. The van der Waals surface area contributed by atoms with Crippen molar-refractivity contribution >= 4 is 27.7 Å². The molecule has 0 spiro atoms. The summed E-state index contributed by atoms with van der Waals surface area (Å²) in [5, 5.41) is 9.46. The number of hydrogen-bond acceptors (Lipinski definition) is 2. The van der Waals surface area contributed by atoms with Crippen LogP contribution in [0.1, 0.15) is 33.6 Å². The van der Waals surface area contributed by atoms with Crippen LogP contribution in [0.25, 0.3) is 0 Å². The molecule has 0 aliphatic heterocycles. The van der Waals surface area contributed by atoms with Crippen LogP contribution in [0.3, 0.4) is 0 Å². The van der Waals surface area contributed by atoms with Gasteiger partial charge in [-0.1, -0.05) is 36.7 Å². The van der Waals surface area contributed by atoms with Crippen LogP contribution in [0.2, 0.25) is 0 Å². The fourth-order valence-electron chi connectivity index (χ4n) is 2.27. The minimum Gasteiger partial charge on any atom is -0.197 e. The zero-order valence-corrected chi connectivity index (χ0v) is 13.4. The SMILES string of the molecule is CC(C)(C)C1CC(C#N)(Sc2ccc(Br)cc2)C1. The first kappa shape index (κ1) is 14.0. The van der Waals surface area contributed by atoms with Gasteiger partial charge in [0.2, 0.25) is 0 Å². The van der Waals surface area contributed by atoms with E-state index < -0.39 is 0 Å². The Bertz CT molecular complexity index is 461. The number of hydrogen-bond donors (Lipinski definition) is 0. The summed E-state index contributed by atoms with van der Waals surface area (Å²) in [7, 11) is 0. The van der Waals surface area contributed by atoms with Gasteiger partial charge in [-0.3, -0.25) is 0 Å². The Balaban J connectivity index is 2.05. The second kappa shape index (κ2) is 4.90. The highest BCUT2D eigenvalue weighted by atomic mass is 79.9. The Morgan fingerprint density at radius 2 is 1.83 bits per heavy atom. The molecule has 1 aliphatic carbocycles. The molecular formula is C15H18BrNS. The average Bonchev–Trinajstić information content (AvgIpc) is 2.24. The number of rotatable bonds is 2. The molecule has 0 aromatic heterocycles. The van der Waals surface area contributed by atoms with Crippen LogP contribution in [-0.4, -0.2) is 4.75 Å². The number of thioether (sulfide) groups is 1. The maximum Gasteiger partial charge on any atom is 0.108 e. The standard InChI is InChI=1S/C15H18BrNS/c1-14(2,3)11-8-15(9-11,10-17)18-13-6-4-12(16)5-7-13/h4-7,11H,8-9H2,1-3H3. The largest absolute Gasteiger partial charge is 0.197 e. The number of nitrogens with zero attached hydrogens (tertiary/aromatic N) is 1. The van der Waals surface area contributed by atoms with Gasteiger partial charge in [-0.25, -0.2) is 0 Å². The van der Waals surface area contributed by atoms with E-state index in [0.717, 1.165) is 17.3 Å². The van der Waals surface area contributed by atoms with E-state index in [1.165, 1.54) is 4.90 Å². The van der Waals surface area contributed by atoms with Crippen molar-refractivity contribution in [1.82, 2.24) is 0 Å². The summed E-state index contributed by atoms with van der Waals surface area (Å²) in [4.78, 5) is 1.19. The van der Waals surface area contributed by atoms with Gasteiger partial charge >= 0.3 is 0 Å². The lowest BCUT2D eigenvalue weighted by atomic mass is 9.63. The van der Waals surface area contributed by atoms with Crippen molar-refractivity contribution in [2.45, 2.75) is 43.3 Å². The number of nitriles is 1. The minimum atomic E-state index is -0.203. The summed E-state index contributed by atoms with van der Waals surface area (Å²) in [6, 6.07) is 10.8. The molecule has 1 nitrogen and oxygen atoms in total. The summed E-state index contributed by atoms with van der Waals surface area (Å²) >= 11 is 5.16. The maximum atomic E-state index is 9.46. The molecule has 1 aliphatic rings. The molecule has 0 bridgehead atoms. The van der Waals surface area contributed by atoms with Gasteiger partial charge in [0.15, 0.2) is 0 Å². The van der Waals surface area contributed by atoms with E-state index in [0.29, 0.717) is 11.3 Å². The van der Waals surface area contributed by atoms with E-state index in [2.05, 4.69) is 54.9 Å². The van der Waals surface area contributed by atoms with Gasteiger partial charge in [0.25, 0.3) is 0 Å². The van der Waals surface area contributed by atoms with E-state index in [9.17, 15) is 5.26 Å². The zero-order chi connectivity index (χ0) is 13.4. The normalized spacial score (nSPS) is 27.4. The van der Waals surface area contributed by atoms with Crippen LogP contribution in [0.15, 0.2) is 33.6 Å². The van der Waals surface area contributed by atoms with Gasteiger partial charge in [-0.05, 0) is 48.4 Å². The van der Waals surface area contributed by atoms with Crippen molar-refractivity contribution in [3.63, 3.8) is 0 Å². The predicted molar refractivity (Wildman–Crippen MR) is 80.5 cm³/mol. The van der Waals surface area contributed by atoms with Crippen LogP contribution >= 0.6 is 27.7 Å². The minimum absolute atomic E-state index is 0.203. The van der Waals surface area contributed by atoms with Gasteiger partial charge in [0.1, 0.15) is 4.75 Å². The Kier molecular flexibility index (Phi) is 3.80. The maximum absolute atomic E-state index is 9.46. The molecule has 1 fully saturated rings. The van der Waals surface area contributed by atoms with Crippen LogP contribution in [0.4, 0.5) is 0 Å². The van der Waals surface area contributed by atoms with Crippen LogP contribution in [0, 0.1) is 22.7 Å². The topological polar surface area (TPSA) is 23.8 Å². The molecule has 0 unspecified atom stereocenters. The smallest absolute Gasteiger partial charge is 0.108 e. The fraction of sp³-hybridized carbons (Fsp3) is 0.533. The van der Waals surface area contributed by atoms with Crippen molar-refractivity contribution in [2.75, 3.05) is 0 Å². The molecular weight excluding hydrogens is 306 g/mol. The molecule has 2 rings (SSSR count). The average molecular weight is 324 g/mol. The summed E-state index contributed by atoms with van der Waals surface area (Å²) in [5.74, 6) is 0.667. The number of benzene rings is 1. The summed E-state index contributed by atoms with van der Waals surface area (Å²) in [6.07, 6.45) is 2.02. The Labute approximate surface area is 122 Å². The van der Waals surface area contributed by atoms with E-state index in [1.54, 1.807) is 11.8 Å². The second-order valence-electron chi connectivity index (χ2n) is 6.13. The third-order valence-electron chi connectivity index (χ3n) is 3.71. The fourth-order valence-corrected chi connectivity index (χ4v) is 3.88. The Morgan fingerprint density at radius 1 is 1.28 bits per heavy atom. The highest BCUT2D eigenvalue weighted by Crippen LogP contribution is 2.55. The Morgan fingerprint density at radius 3 is 2.28 bits per heavy atom. The molecule has 0 atom stereocenters. The lowest BCUT2D eigenvalue weighted by Crippen LogP contribution is -2.45. The third kappa shape index (κ3) is 2.92. The molecule has 0 N–H and O–H groups in total. The molecule has 0 radical (unpaired) electrons. The number of halogens is 1.